The molecule has 6 nitrogen and oxygen atoms in total. The van der Waals surface area contributed by atoms with Crippen LogP contribution in [0.15, 0.2) is 26.7 Å². The molecule has 0 aromatic carbocycles. The van der Waals surface area contributed by atoms with Crippen molar-refractivity contribution in [3.63, 3.8) is 0 Å². The third-order valence-corrected chi connectivity index (χ3v) is 5.17. The minimum atomic E-state index is -3.38. The largest absolute Gasteiger partial charge is 0.357 e. The van der Waals surface area contributed by atoms with Gasteiger partial charge in [-0.25, -0.2) is 13.1 Å². The van der Waals surface area contributed by atoms with Crippen molar-refractivity contribution < 1.29 is 8.42 Å². The normalized spacial score (nSPS) is 11.8. The Morgan fingerprint density at radius 2 is 2.05 bits per heavy atom. The third-order valence-electron chi connectivity index (χ3n) is 2.31. The van der Waals surface area contributed by atoms with E-state index in [2.05, 4.69) is 27.3 Å². The molecule has 1 aromatic rings. The smallest absolute Gasteiger partial charge is 0.250 e. The van der Waals surface area contributed by atoms with Gasteiger partial charge in [0.15, 0.2) is 5.96 Å². The van der Waals surface area contributed by atoms with E-state index >= 15 is 0 Å². The van der Waals surface area contributed by atoms with Crippen LogP contribution in [0.4, 0.5) is 0 Å². The molecule has 1 aromatic heterocycles. The molecule has 0 fully saturated rings. The van der Waals surface area contributed by atoms with E-state index in [1.54, 1.807) is 17.5 Å². The van der Waals surface area contributed by atoms with Crippen LogP contribution in [-0.4, -0.2) is 40.6 Å². The molecular formula is C12H23IN4O2S2. The van der Waals surface area contributed by atoms with Crippen molar-refractivity contribution in [2.45, 2.75) is 24.5 Å². The topological polar surface area (TPSA) is 82.6 Å². The van der Waals surface area contributed by atoms with E-state index in [1.807, 2.05) is 6.92 Å². The van der Waals surface area contributed by atoms with Gasteiger partial charge in [0.1, 0.15) is 4.21 Å². The molecule has 0 spiro atoms. The van der Waals surface area contributed by atoms with Gasteiger partial charge in [-0.3, -0.25) is 4.99 Å². The number of guanidine groups is 1. The lowest BCUT2D eigenvalue weighted by atomic mass is 10.5. The monoisotopic (exact) mass is 446 g/mol. The first-order valence-electron chi connectivity index (χ1n) is 6.65. The highest BCUT2D eigenvalue weighted by Crippen LogP contribution is 2.14. The number of rotatable bonds is 8. The highest BCUT2D eigenvalue weighted by Gasteiger charge is 2.13. The second kappa shape index (κ2) is 11.2. The fourth-order valence-corrected chi connectivity index (χ4v) is 3.49. The molecule has 0 bridgehead atoms. The zero-order valence-electron chi connectivity index (χ0n) is 12.3. The van der Waals surface area contributed by atoms with Crippen molar-refractivity contribution in [1.29, 1.82) is 0 Å². The molecule has 0 unspecified atom stereocenters. The predicted octanol–water partition coefficient (Wildman–Crippen LogP) is 1.61. The van der Waals surface area contributed by atoms with E-state index in [9.17, 15) is 8.42 Å². The van der Waals surface area contributed by atoms with E-state index < -0.39 is 10.0 Å². The van der Waals surface area contributed by atoms with E-state index in [4.69, 9.17) is 0 Å². The molecule has 0 saturated heterocycles. The Kier molecular flexibility index (Phi) is 11.0. The summed E-state index contributed by atoms with van der Waals surface area (Å²) in [6, 6.07) is 3.31. The molecule has 0 aliphatic rings. The molecule has 122 valence electrons. The molecule has 0 aliphatic carbocycles. The van der Waals surface area contributed by atoms with Gasteiger partial charge in [0.2, 0.25) is 10.0 Å². The number of nitrogens with zero attached hydrogens (tertiary/aromatic N) is 1. The van der Waals surface area contributed by atoms with Gasteiger partial charge in [0.05, 0.1) is 0 Å². The van der Waals surface area contributed by atoms with Crippen molar-refractivity contribution in [2.24, 2.45) is 4.99 Å². The first kappa shape index (κ1) is 20.6. The number of halogens is 1. The Morgan fingerprint density at radius 1 is 1.29 bits per heavy atom. The van der Waals surface area contributed by atoms with Crippen LogP contribution in [0, 0.1) is 0 Å². The van der Waals surface area contributed by atoms with Crippen LogP contribution < -0.4 is 15.4 Å². The molecule has 21 heavy (non-hydrogen) atoms. The number of aliphatic imine (C=N–C) groups is 1. The molecule has 0 atom stereocenters. The van der Waals surface area contributed by atoms with Crippen molar-refractivity contribution >= 4 is 51.3 Å². The van der Waals surface area contributed by atoms with E-state index in [1.165, 1.54) is 11.3 Å². The second-order valence-electron chi connectivity index (χ2n) is 4.02. The zero-order chi connectivity index (χ0) is 14.8. The number of thiophene rings is 1. The summed E-state index contributed by atoms with van der Waals surface area (Å²) in [6.07, 6.45) is 0.974. The Balaban J connectivity index is 0.00000400. The van der Waals surface area contributed by atoms with Gasteiger partial charge in [-0.2, -0.15) is 0 Å². The highest BCUT2D eigenvalue weighted by atomic mass is 127. The zero-order valence-corrected chi connectivity index (χ0v) is 16.2. The van der Waals surface area contributed by atoms with Crippen LogP contribution in [0.3, 0.4) is 0 Å². The van der Waals surface area contributed by atoms with Crippen LogP contribution in [0.2, 0.25) is 0 Å². The number of hydrogen-bond acceptors (Lipinski definition) is 4. The summed E-state index contributed by atoms with van der Waals surface area (Å²) < 4.78 is 26.6. The lowest BCUT2D eigenvalue weighted by molar-refractivity contribution is 0.582. The van der Waals surface area contributed by atoms with Crippen molar-refractivity contribution in [3.05, 3.63) is 17.5 Å². The van der Waals surface area contributed by atoms with Crippen molar-refractivity contribution in [2.75, 3.05) is 26.2 Å². The van der Waals surface area contributed by atoms with Crippen LogP contribution in [0.5, 0.6) is 0 Å². The molecule has 0 amide bonds. The first-order valence-corrected chi connectivity index (χ1v) is 9.01. The van der Waals surface area contributed by atoms with Crippen LogP contribution in [0.1, 0.15) is 20.3 Å². The molecule has 1 rings (SSSR count). The summed E-state index contributed by atoms with van der Waals surface area (Å²) in [5, 5.41) is 7.94. The van der Waals surface area contributed by atoms with Crippen molar-refractivity contribution in [3.8, 4) is 0 Å². The number of hydrogen-bond donors (Lipinski definition) is 3. The van der Waals surface area contributed by atoms with Gasteiger partial charge in [-0.05, 0) is 24.8 Å². The minimum absolute atomic E-state index is 0. The Morgan fingerprint density at radius 3 is 2.62 bits per heavy atom. The first-order chi connectivity index (χ1) is 9.60. The summed E-state index contributed by atoms with van der Waals surface area (Å²) >= 11 is 1.21. The SMILES string of the molecule is CCCN=C(NCC)NCCNS(=O)(=O)c1cccs1.I. The van der Waals surface area contributed by atoms with E-state index in [-0.39, 0.29) is 24.0 Å². The summed E-state index contributed by atoms with van der Waals surface area (Å²) in [5.74, 6) is 0.713. The number of nitrogens with one attached hydrogen (secondary N) is 3. The summed E-state index contributed by atoms with van der Waals surface area (Å²) in [5.41, 5.74) is 0. The summed E-state index contributed by atoms with van der Waals surface area (Å²) in [6.45, 7) is 6.37. The van der Waals surface area contributed by atoms with E-state index in [0.29, 0.717) is 23.3 Å². The Labute approximate surface area is 147 Å². The molecule has 0 aliphatic heterocycles. The lowest BCUT2D eigenvalue weighted by Crippen LogP contribution is -2.41. The molecule has 1 heterocycles. The molecule has 3 N–H and O–H groups in total. The fraction of sp³-hybridized carbons (Fsp3) is 0.583. The second-order valence-corrected chi connectivity index (χ2v) is 6.96. The average Bonchev–Trinajstić information content (AvgIpc) is 2.95. The summed E-state index contributed by atoms with van der Waals surface area (Å²) in [7, 11) is -3.38. The molecule has 0 saturated carbocycles. The maximum Gasteiger partial charge on any atom is 0.250 e. The molecule has 0 radical (unpaired) electrons. The van der Waals surface area contributed by atoms with Gasteiger partial charge >= 0.3 is 0 Å². The third kappa shape index (κ3) is 7.98. The van der Waals surface area contributed by atoms with Gasteiger partial charge < -0.3 is 10.6 Å². The number of sulfonamides is 1. The van der Waals surface area contributed by atoms with Gasteiger partial charge in [-0.1, -0.05) is 13.0 Å². The maximum absolute atomic E-state index is 11.9. The van der Waals surface area contributed by atoms with Gasteiger partial charge in [0.25, 0.3) is 0 Å². The predicted molar refractivity (Wildman–Crippen MR) is 99.2 cm³/mol. The average molecular weight is 446 g/mol. The maximum atomic E-state index is 11.9. The van der Waals surface area contributed by atoms with Crippen LogP contribution in [0.25, 0.3) is 0 Å². The Bertz CT molecular complexity index is 503. The van der Waals surface area contributed by atoms with Crippen LogP contribution in [-0.2, 0) is 10.0 Å². The molecule has 9 heteroatoms. The van der Waals surface area contributed by atoms with Gasteiger partial charge in [-0.15, -0.1) is 35.3 Å². The van der Waals surface area contributed by atoms with Crippen LogP contribution >= 0.6 is 35.3 Å². The summed E-state index contributed by atoms with van der Waals surface area (Å²) in [4.78, 5) is 4.34. The van der Waals surface area contributed by atoms with Gasteiger partial charge in [0, 0.05) is 26.2 Å². The lowest BCUT2D eigenvalue weighted by Gasteiger charge is -2.11. The fourth-order valence-electron chi connectivity index (χ4n) is 1.42. The standard InChI is InChI=1S/C12H22N4O2S2.HI/c1-3-7-14-12(13-4-2)15-8-9-16-20(17,18)11-6-5-10-19-11;/h5-6,10,16H,3-4,7-9H2,1-2H3,(H2,13,14,15);1H. The Hall–Kier alpha value is -0.390. The minimum Gasteiger partial charge on any atom is -0.357 e. The molecular weight excluding hydrogens is 423 g/mol. The van der Waals surface area contributed by atoms with E-state index in [0.717, 1.165) is 19.5 Å². The highest BCUT2D eigenvalue weighted by molar-refractivity contribution is 14.0. The quantitative estimate of drug-likeness (QED) is 0.245. The van der Waals surface area contributed by atoms with Crippen molar-refractivity contribution in [1.82, 2.24) is 15.4 Å².